The Balaban J connectivity index is 0.00000288. The maximum Gasteiger partial charge on any atom is 0.225 e. The molecule has 1 amide bonds. The van der Waals surface area contributed by atoms with Crippen LogP contribution in [0.15, 0.2) is 48.7 Å². The molecule has 0 fully saturated rings. The second kappa shape index (κ2) is 13.8. The number of benzene rings is 1. The highest BCUT2D eigenvalue weighted by molar-refractivity contribution is 7.98. The monoisotopic (exact) mass is 403 g/mol. The molecule has 1 heterocycles. The van der Waals surface area contributed by atoms with Gasteiger partial charge in [-0.25, -0.2) is 0 Å². The number of ether oxygens (including phenoxy) is 1. The molecule has 1 aromatic heterocycles. The average molecular weight is 404 g/mol. The number of halogens is 2. The summed E-state index contributed by atoms with van der Waals surface area (Å²) in [7, 11) is 0. The van der Waals surface area contributed by atoms with Crippen molar-refractivity contribution >= 4 is 48.2 Å². The minimum absolute atomic E-state index is 0. The first-order valence-electron chi connectivity index (χ1n) is 7.48. The molecule has 0 unspecified atom stereocenters. The van der Waals surface area contributed by atoms with E-state index in [9.17, 15) is 4.79 Å². The van der Waals surface area contributed by atoms with E-state index in [-0.39, 0.29) is 30.7 Å². The first kappa shape index (κ1) is 23.5. The topological polar surface area (TPSA) is 77.2 Å². The second-order valence-electron chi connectivity index (χ2n) is 4.83. The average Bonchev–Trinajstić information content (AvgIpc) is 2.59. The van der Waals surface area contributed by atoms with Gasteiger partial charge < -0.3 is 15.8 Å². The maximum absolute atomic E-state index is 11.9. The number of thioether (sulfide) groups is 1. The Morgan fingerprint density at radius 1 is 1.16 bits per heavy atom. The van der Waals surface area contributed by atoms with E-state index in [2.05, 4.69) is 10.3 Å². The molecule has 0 saturated carbocycles. The quantitative estimate of drug-likeness (QED) is 0.626. The molecule has 0 radical (unpaired) electrons. The predicted molar refractivity (Wildman–Crippen MR) is 109 cm³/mol. The van der Waals surface area contributed by atoms with Crippen molar-refractivity contribution in [1.29, 1.82) is 0 Å². The van der Waals surface area contributed by atoms with E-state index in [0.717, 1.165) is 28.6 Å². The zero-order chi connectivity index (χ0) is 16.3. The minimum Gasteiger partial charge on any atom is -0.492 e. The number of rotatable bonds is 9. The van der Waals surface area contributed by atoms with Crippen molar-refractivity contribution in [3.8, 4) is 5.75 Å². The summed E-state index contributed by atoms with van der Waals surface area (Å²) in [4.78, 5) is 16.1. The van der Waals surface area contributed by atoms with Gasteiger partial charge in [0.2, 0.25) is 5.91 Å². The molecular formula is C17H23Cl2N3O2S. The van der Waals surface area contributed by atoms with Gasteiger partial charge in [0.25, 0.3) is 0 Å². The fourth-order valence-corrected chi connectivity index (χ4v) is 2.71. The largest absolute Gasteiger partial charge is 0.492 e. The fourth-order valence-electron chi connectivity index (χ4n) is 1.86. The van der Waals surface area contributed by atoms with E-state index in [1.54, 1.807) is 18.0 Å². The number of nitrogens with two attached hydrogens (primary N) is 1. The Hall–Kier alpha value is -1.47. The summed E-state index contributed by atoms with van der Waals surface area (Å²) in [6, 6.07) is 13.1. The summed E-state index contributed by atoms with van der Waals surface area (Å²) < 4.78 is 5.39. The van der Waals surface area contributed by atoms with Crippen LogP contribution in [0.1, 0.15) is 12.1 Å². The van der Waals surface area contributed by atoms with Crippen molar-refractivity contribution in [3.05, 3.63) is 54.4 Å². The number of carbonyl (C=O) groups excluding carboxylic acids is 1. The van der Waals surface area contributed by atoms with Crippen molar-refractivity contribution < 1.29 is 9.53 Å². The minimum atomic E-state index is 0. The van der Waals surface area contributed by atoms with Gasteiger partial charge in [0.15, 0.2) is 0 Å². The molecule has 138 valence electrons. The summed E-state index contributed by atoms with van der Waals surface area (Å²) in [5, 5.41) is 2.88. The number of pyridine rings is 1. The van der Waals surface area contributed by atoms with Crippen molar-refractivity contribution in [2.45, 2.75) is 12.2 Å². The lowest BCUT2D eigenvalue weighted by Gasteiger charge is -2.07. The van der Waals surface area contributed by atoms with E-state index >= 15 is 0 Å². The molecule has 2 rings (SSSR count). The van der Waals surface area contributed by atoms with Crippen LogP contribution < -0.4 is 15.8 Å². The van der Waals surface area contributed by atoms with Crippen LogP contribution in [0.3, 0.4) is 0 Å². The zero-order valence-corrected chi connectivity index (χ0v) is 16.2. The van der Waals surface area contributed by atoms with Gasteiger partial charge in [-0.15, -0.1) is 24.8 Å². The van der Waals surface area contributed by atoms with Gasteiger partial charge in [0.1, 0.15) is 12.4 Å². The van der Waals surface area contributed by atoms with Crippen LogP contribution in [0, 0.1) is 0 Å². The number of anilines is 1. The van der Waals surface area contributed by atoms with Gasteiger partial charge in [-0.2, -0.15) is 11.8 Å². The fraction of sp³-hybridized carbons (Fsp3) is 0.294. The highest BCUT2D eigenvalue weighted by Crippen LogP contribution is 2.16. The number of hydrogen-bond acceptors (Lipinski definition) is 5. The number of hydrogen-bond donors (Lipinski definition) is 2. The molecular weight excluding hydrogens is 381 g/mol. The van der Waals surface area contributed by atoms with Crippen LogP contribution >= 0.6 is 36.6 Å². The van der Waals surface area contributed by atoms with Crippen molar-refractivity contribution in [2.24, 2.45) is 5.73 Å². The Labute approximate surface area is 164 Å². The summed E-state index contributed by atoms with van der Waals surface area (Å²) >= 11 is 1.70. The molecule has 5 nitrogen and oxygen atoms in total. The normalized spacial score (nSPS) is 9.48. The van der Waals surface area contributed by atoms with Gasteiger partial charge in [-0.1, -0.05) is 6.07 Å². The van der Waals surface area contributed by atoms with Crippen LogP contribution in [0.4, 0.5) is 5.69 Å². The molecule has 25 heavy (non-hydrogen) atoms. The number of carbonyl (C=O) groups is 1. The Morgan fingerprint density at radius 2 is 1.92 bits per heavy atom. The number of nitrogens with zero attached hydrogens (tertiary/aromatic N) is 1. The lowest BCUT2D eigenvalue weighted by atomic mass is 10.3. The molecule has 0 atom stereocenters. The zero-order valence-electron chi connectivity index (χ0n) is 13.7. The second-order valence-corrected chi connectivity index (χ2v) is 5.94. The van der Waals surface area contributed by atoms with E-state index < -0.39 is 0 Å². The van der Waals surface area contributed by atoms with Gasteiger partial charge >= 0.3 is 0 Å². The van der Waals surface area contributed by atoms with Gasteiger partial charge in [-0.05, 0) is 36.4 Å². The third-order valence-electron chi connectivity index (χ3n) is 2.97. The smallest absolute Gasteiger partial charge is 0.225 e. The van der Waals surface area contributed by atoms with Crippen LogP contribution in [-0.4, -0.2) is 29.8 Å². The maximum atomic E-state index is 11.9. The standard InChI is InChI=1S/C17H21N3O2S.2ClH/c18-9-11-22-16-6-4-14(5-7-16)20-17(21)8-12-23-13-15-3-1-2-10-19-15;;/h1-7,10H,8-9,11-13,18H2,(H,20,21);2*1H. The van der Waals surface area contributed by atoms with Crippen LogP contribution in [-0.2, 0) is 10.5 Å². The lowest BCUT2D eigenvalue weighted by molar-refractivity contribution is -0.115. The van der Waals surface area contributed by atoms with Crippen LogP contribution in [0.2, 0.25) is 0 Å². The first-order chi connectivity index (χ1) is 11.3. The number of aromatic nitrogens is 1. The van der Waals surface area contributed by atoms with E-state index in [0.29, 0.717) is 19.6 Å². The van der Waals surface area contributed by atoms with E-state index in [4.69, 9.17) is 10.5 Å². The van der Waals surface area contributed by atoms with Gasteiger partial charge in [0.05, 0.1) is 5.69 Å². The molecule has 3 N–H and O–H groups in total. The molecule has 2 aromatic rings. The van der Waals surface area contributed by atoms with Crippen molar-refractivity contribution in [1.82, 2.24) is 4.98 Å². The summed E-state index contributed by atoms with van der Waals surface area (Å²) in [5.74, 6) is 2.34. The molecule has 1 aromatic carbocycles. The predicted octanol–water partition coefficient (Wildman–Crippen LogP) is 3.52. The summed E-state index contributed by atoms with van der Waals surface area (Å²) in [6.07, 6.45) is 2.26. The van der Waals surface area contributed by atoms with Gasteiger partial charge in [-0.3, -0.25) is 9.78 Å². The molecule has 0 bridgehead atoms. The van der Waals surface area contributed by atoms with E-state index in [1.165, 1.54) is 0 Å². The summed E-state index contributed by atoms with van der Waals surface area (Å²) in [6.45, 7) is 0.966. The molecule has 0 spiro atoms. The lowest BCUT2D eigenvalue weighted by Crippen LogP contribution is -2.12. The Kier molecular flexibility index (Phi) is 13.0. The SMILES string of the molecule is Cl.Cl.NCCOc1ccc(NC(=O)CCSCc2ccccn2)cc1. The molecule has 0 aliphatic heterocycles. The van der Waals surface area contributed by atoms with Crippen LogP contribution in [0.5, 0.6) is 5.75 Å². The molecule has 8 heteroatoms. The first-order valence-corrected chi connectivity index (χ1v) is 8.64. The highest BCUT2D eigenvalue weighted by atomic mass is 35.5. The Morgan fingerprint density at radius 3 is 2.56 bits per heavy atom. The molecule has 0 aliphatic carbocycles. The summed E-state index contributed by atoms with van der Waals surface area (Å²) in [5.41, 5.74) is 7.18. The van der Waals surface area contributed by atoms with Crippen molar-refractivity contribution in [2.75, 3.05) is 24.2 Å². The number of amides is 1. The molecule has 0 aliphatic rings. The highest BCUT2D eigenvalue weighted by Gasteiger charge is 2.03. The van der Waals surface area contributed by atoms with Crippen LogP contribution in [0.25, 0.3) is 0 Å². The Bertz CT molecular complexity index is 601. The van der Waals surface area contributed by atoms with E-state index in [1.807, 2.05) is 42.5 Å². The third kappa shape index (κ3) is 9.55. The molecule has 0 saturated heterocycles. The third-order valence-corrected chi connectivity index (χ3v) is 3.97. The van der Waals surface area contributed by atoms with Crippen molar-refractivity contribution in [3.63, 3.8) is 0 Å². The van der Waals surface area contributed by atoms with Gasteiger partial charge in [0, 0.05) is 36.4 Å². The number of nitrogens with one attached hydrogen (secondary N) is 1.